The molecule has 1 unspecified atom stereocenters. The summed E-state index contributed by atoms with van der Waals surface area (Å²) in [7, 11) is 1.68. The van der Waals surface area contributed by atoms with Crippen molar-refractivity contribution in [3.8, 4) is 0 Å². The Morgan fingerprint density at radius 2 is 2.24 bits per heavy atom. The molecule has 0 aromatic rings. The average Bonchev–Trinajstić information content (AvgIpc) is 2.36. The molecule has 1 atom stereocenters. The first-order valence-corrected chi connectivity index (χ1v) is 6.40. The zero-order valence-electron chi connectivity index (χ0n) is 11.5. The van der Waals surface area contributed by atoms with Gasteiger partial charge in [-0.2, -0.15) is 0 Å². The second-order valence-electron chi connectivity index (χ2n) is 5.18. The van der Waals surface area contributed by atoms with Gasteiger partial charge in [-0.05, 0) is 26.8 Å². The van der Waals surface area contributed by atoms with Crippen LogP contribution in [0.2, 0.25) is 0 Å². The second kappa shape index (κ2) is 6.47. The summed E-state index contributed by atoms with van der Waals surface area (Å²) in [6, 6.07) is 0. The number of ketones is 1. The fraction of sp³-hybridized carbons (Fsp3) is 0.923. The summed E-state index contributed by atoms with van der Waals surface area (Å²) in [5.74, 6) is 0.202. The largest absolute Gasteiger partial charge is 0.379 e. The number of hydrogen-bond acceptors (Lipinski definition) is 4. The first kappa shape index (κ1) is 14.6. The van der Waals surface area contributed by atoms with Gasteiger partial charge in [0.15, 0.2) is 5.78 Å². The molecule has 17 heavy (non-hydrogen) atoms. The minimum Gasteiger partial charge on any atom is -0.379 e. The number of Topliss-reactive ketones (excluding diaryl/α,β-unsaturated/α-hetero) is 1. The van der Waals surface area contributed by atoms with E-state index in [1.54, 1.807) is 7.11 Å². The summed E-state index contributed by atoms with van der Waals surface area (Å²) in [6.07, 6.45) is 1.04. The quantitative estimate of drug-likeness (QED) is 0.708. The van der Waals surface area contributed by atoms with Crippen LogP contribution < -0.4 is 0 Å². The Hall–Kier alpha value is -0.450. The number of rotatable bonds is 6. The highest BCUT2D eigenvalue weighted by atomic mass is 16.5. The molecular weight excluding hydrogens is 218 g/mol. The highest BCUT2D eigenvalue weighted by Gasteiger charge is 2.27. The monoisotopic (exact) mass is 243 g/mol. The van der Waals surface area contributed by atoms with Crippen LogP contribution in [0.3, 0.4) is 0 Å². The summed E-state index contributed by atoms with van der Waals surface area (Å²) in [5.41, 5.74) is -0.227. The molecule has 1 rings (SSSR count). The van der Waals surface area contributed by atoms with Crippen LogP contribution >= 0.6 is 0 Å². The third-order valence-corrected chi connectivity index (χ3v) is 3.48. The smallest absolute Gasteiger partial charge is 0.162 e. The topological polar surface area (TPSA) is 38.8 Å². The maximum Gasteiger partial charge on any atom is 0.162 e. The number of methoxy groups -OCH3 is 1. The molecule has 4 heteroatoms. The number of carbonyl (C=O) groups is 1. The maximum atomic E-state index is 12.0. The average molecular weight is 243 g/mol. The summed E-state index contributed by atoms with van der Waals surface area (Å²) in [5, 5.41) is 0. The lowest BCUT2D eigenvalue weighted by Crippen LogP contribution is -2.46. The Kier molecular flexibility index (Phi) is 5.56. The molecule has 0 N–H and O–H groups in total. The van der Waals surface area contributed by atoms with Crippen LogP contribution in [0.25, 0.3) is 0 Å². The lowest BCUT2D eigenvalue weighted by Gasteiger charge is -2.31. The van der Waals surface area contributed by atoms with E-state index in [-0.39, 0.29) is 17.5 Å². The first-order valence-electron chi connectivity index (χ1n) is 6.40. The number of morpholine rings is 1. The molecule has 1 heterocycles. The summed E-state index contributed by atoms with van der Waals surface area (Å²) >= 11 is 0. The molecular formula is C13H25NO3. The predicted molar refractivity (Wildman–Crippen MR) is 67.2 cm³/mol. The van der Waals surface area contributed by atoms with Crippen molar-refractivity contribution in [1.82, 2.24) is 4.90 Å². The van der Waals surface area contributed by atoms with Crippen molar-refractivity contribution >= 4 is 5.78 Å². The molecule has 100 valence electrons. The zero-order valence-corrected chi connectivity index (χ0v) is 11.5. The normalized spacial score (nSPS) is 22.7. The molecule has 0 radical (unpaired) electrons. The number of hydrogen-bond donors (Lipinski definition) is 0. The maximum absolute atomic E-state index is 12.0. The SMILES string of the molecule is CCN1CCOC(C(=O)CCC(C)(C)OC)C1. The van der Waals surface area contributed by atoms with Gasteiger partial charge in [0.1, 0.15) is 6.10 Å². The summed E-state index contributed by atoms with van der Waals surface area (Å²) in [6.45, 7) is 9.43. The Labute approximate surface area is 104 Å². The number of likely N-dealkylation sites (N-methyl/N-ethyl adjacent to an activating group) is 1. The molecule has 0 aromatic carbocycles. The Balaban J connectivity index is 2.37. The highest BCUT2D eigenvalue weighted by molar-refractivity contribution is 5.83. The van der Waals surface area contributed by atoms with Gasteiger partial charge in [0.2, 0.25) is 0 Å². The lowest BCUT2D eigenvalue weighted by molar-refractivity contribution is -0.137. The molecule has 1 aliphatic heterocycles. The van der Waals surface area contributed by atoms with Crippen LogP contribution in [0.4, 0.5) is 0 Å². The van der Waals surface area contributed by atoms with E-state index in [2.05, 4.69) is 11.8 Å². The molecule has 1 fully saturated rings. The van der Waals surface area contributed by atoms with Gasteiger partial charge in [0, 0.05) is 26.6 Å². The van der Waals surface area contributed by atoms with E-state index < -0.39 is 0 Å². The van der Waals surface area contributed by atoms with Crippen LogP contribution in [0.15, 0.2) is 0 Å². The Bertz CT molecular complexity index is 253. The fourth-order valence-corrected chi connectivity index (χ4v) is 1.87. The molecule has 0 spiro atoms. The van der Waals surface area contributed by atoms with Gasteiger partial charge >= 0.3 is 0 Å². The van der Waals surface area contributed by atoms with Crippen molar-refractivity contribution in [2.45, 2.75) is 45.3 Å². The minimum atomic E-state index is -0.239. The van der Waals surface area contributed by atoms with Crippen molar-refractivity contribution < 1.29 is 14.3 Å². The van der Waals surface area contributed by atoms with Gasteiger partial charge in [-0.25, -0.2) is 0 Å². The number of ether oxygens (including phenoxy) is 2. The lowest BCUT2D eigenvalue weighted by atomic mass is 9.98. The molecule has 0 bridgehead atoms. The van der Waals surface area contributed by atoms with Gasteiger partial charge in [-0.3, -0.25) is 9.69 Å². The van der Waals surface area contributed by atoms with Crippen LogP contribution in [-0.2, 0) is 14.3 Å². The van der Waals surface area contributed by atoms with Gasteiger partial charge in [-0.1, -0.05) is 6.92 Å². The standard InChI is InChI=1S/C13H25NO3/c1-5-14-8-9-17-12(10-14)11(15)6-7-13(2,3)16-4/h12H,5-10H2,1-4H3. The molecule has 4 nitrogen and oxygen atoms in total. The first-order chi connectivity index (χ1) is 7.98. The summed E-state index contributed by atoms with van der Waals surface area (Å²) < 4.78 is 10.9. The summed E-state index contributed by atoms with van der Waals surface area (Å²) in [4.78, 5) is 14.3. The highest BCUT2D eigenvalue weighted by Crippen LogP contribution is 2.17. The molecule has 0 saturated carbocycles. The zero-order chi connectivity index (χ0) is 12.9. The van der Waals surface area contributed by atoms with Crippen LogP contribution in [-0.4, -0.2) is 55.7 Å². The van der Waals surface area contributed by atoms with E-state index in [9.17, 15) is 4.79 Å². The van der Waals surface area contributed by atoms with E-state index >= 15 is 0 Å². The van der Waals surface area contributed by atoms with E-state index in [1.165, 1.54) is 0 Å². The van der Waals surface area contributed by atoms with E-state index in [0.717, 1.165) is 26.1 Å². The van der Waals surface area contributed by atoms with Crippen molar-refractivity contribution in [2.24, 2.45) is 0 Å². The Morgan fingerprint density at radius 1 is 1.53 bits per heavy atom. The Morgan fingerprint density at radius 3 is 2.82 bits per heavy atom. The van der Waals surface area contributed by atoms with E-state index in [0.29, 0.717) is 13.0 Å². The third kappa shape index (κ3) is 4.74. The molecule has 0 aliphatic carbocycles. The molecule has 1 aliphatic rings. The van der Waals surface area contributed by atoms with Crippen LogP contribution in [0.1, 0.15) is 33.6 Å². The molecule has 1 saturated heterocycles. The van der Waals surface area contributed by atoms with Crippen molar-refractivity contribution in [1.29, 1.82) is 0 Å². The van der Waals surface area contributed by atoms with Gasteiger partial charge < -0.3 is 9.47 Å². The molecule has 0 amide bonds. The fourth-order valence-electron chi connectivity index (χ4n) is 1.87. The van der Waals surface area contributed by atoms with E-state index in [4.69, 9.17) is 9.47 Å². The van der Waals surface area contributed by atoms with Gasteiger partial charge in [0.05, 0.1) is 12.2 Å². The van der Waals surface area contributed by atoms with Crippen molar-refractivity contribution in [2.75, 3.05) is 33.4 Å². The third-order valence-electron chi connectivity index (χ3n) is 3.48. The second-order valence-corrected chi connectivity index (χ2v) is 5.18. The van der Waals surface area contributed by atoms with Crippen molar-refractivity contribution in [3.05, 3.63) is 0 Å². The molecule has 0 aromatic heterocycles. The number of nitrogens with zero attached hydrogens (tertiary/aromatic N) is 1. The van der Waals surface area contributed by atoms with Gasteiger partial charge in [-0.15, -0.1) is 0 Å². The number of carbonyl (C=O) groups excluding carboxylic acids is 1. The van der Waals surface area contributed by atoms with Crippen LogP contribution in [0.5, 0.6) is 0 Å². The van der Waals surface area contributed by atoms with Gasteiger partial charge in [0.25, 0.3) is 0 Å². The van der Waals surface area contributed by atoms with Crippen molar-refractivity contribution in [3.63, 3.8) is 0 Å². The predicted octanol–water partition coefficient (Wildman–Crippen LogP) is 1.48. The van der Waals surface area contributed by atoms with Crippen LogP contribution in [0, 0.1) is 0 Å². The van der Waals surface area contributed by atoms with E-state index in [1.807, 2.05) is 13.8 Å². The minimum absolute atomic E-state index is 0.202.